The molecule has 1 fully saturated rings. The lowest BCUT2D eigenvalue weighted by Gasteiger charge is -2.15. The van der Waals surface area contributed by atoms with Crippen LogP contribution in [0.1, 0.15) is 35.2 Å². The molecule has 1 amide bonds. The highest BCUT2D eigenvalue weighted by atomic mass is 127. The van der Waals surface area contributed by atoms with Crippen LogP contribution in [0.4, 0.5) is 15.8 Å². The molecular weight excluding hydrogens is 450 g/mol. The van der Waals surface area contributed by atoms with E-state index in [0.717, 1.165) is 27.7 Å². The monoisotopic (exact) mass is 470 g/mol. The lowest BCUT2D eigenvalue weighted by atomic mass is 10.1. The molecule has 2 aromatic rings. The summed E-state index contributed by atoms with van der Waals surface area (Å²) in [5, 5.41) is 12.9. The van der Waals surface area contributed by atoms with Crippen LogP contribution in [-0.4, -0.2) is 23.2 Å². The number of halogens is 2. The minimum Gasteiger partial charge on any atom is -0.390 e. The summed E-state index contributed by atoms with van der Waals surface area (Å²) in [4.78, 5) is 17.5. The van der Waals surface area contributed by atoms with Gasteiger partial charge in [0.05, 0.1) is 23.5 Å². The smallest absolute Gasteiger partial charge is 0.276 e. The van der Waals surface area contributed by atoms with E-state index in [1.165, 1.54) is 18.2 Å². The molecule has 138 valence electrons. The van der Waals surface area contributed by atoms with Gasteiger partial charge in [0.25, 0.3) is 5.91 Å². The van der Waals surface area contributed by atoms with E-state index in [2.05, 4.69) is 33.4 Å². The Balaban J connectivity index is 1.69. The van der Waals surface area contributed by atoms with Gasteiger partial charge in [0.15, 0.2) is 0 Å². The zero-order valence-electron chi connectivity index (χ0n) is 14.3. The predicted octanol–water partition coefficient (Wildman–Crippen LogP) is 4.06. The van der Waals surface area contributed by atoms with E-state index in [0.29, 0.717) is 12.1 Å². The molecule has 0 heterocycles. The largest absolute Gasteiger partial charge is 0.390 e. The number of aryl methyl sites for hydroxylation is 1. The summed E-state index contributed by atoms with van der Waals surface area (Å²) in [6.07, 6.45) is 2.01. The van der Waals surface area contributed by atoms with Crippen molar-refractivity contribution in [1.82, 2.24) is 5.48 Å². The summed E-state index contributed by atoms with van der Waals surface area (Å²) in [5.74, 6) is -0.914. The quantitative estimate of drug-likeness (QED) is 0.325. The minimum absolute atomic E-state index is 0.225. The van der Waals surface area contributed by atoms with Crippen molar-refractivity contribution in [2.75, 3.05) is 11.9 Å². The Morgan fingerprint density at radius 1 is 1.27 bits per heavy atom. The molecule has 7 heteroatoms. The summed E-state index contributed by atoms with van der Waals surface area (Å²) in [6.45, 7) is 2.16. The number of benzene rings is 2. The highest BCUT2D eigenvalue weighted by molar-refractivity contribution is 14.1. The Morgan fingerprint density at radius 3 is 2.73 bits per heavy atom. The fourth-order valence-corrected chi connectivity index (χ4v) is 3.18. The predicted molar refractivity (Wildman–Crippen MR) is 106 cm³/mol. The summed E-state index contributed by atoms with van der Waals surface area (Å²) in [6, 6.07) is 9.73. The van der Waals surface area contributed by atoms with Crippen LogP contribution < -0.4 is 10.8 Å². The zero-order chi connectivity index (χ0) is 18.7. The fourth-order valence-electron chi connectivity index (χ4n) is 2.54. The molecular formula is C19H20FIN2O3. The number of carbonyl (C=O) groups excluding carboxylic acids is 1. The Bertz CT molecular complexity index is 824. The molecule has 3 rings (SSSR count). The van der Waals surface area contributed by atoms with Crippen molar-refractivity contribution >= 4 is 39.9 Å². The molecule has 1 saturated carbocycles. The number of hydrogen-bond donors (Lipinski definition) is 3. The maximum Gasteiger partial charge on any atom is 0.276 e. The van der Waals surface area contributed by atoms with E-state index in [4.69, 9.17) is 4.84 Å². The van der Waals surface area contributed by atoms with E-state index in [1.807, 2.05) is 25.1 Å². The standard InChI is InChI=1S/C19H20FIN2O3/c1-12-10-14(21)3-5-16(12)22-17-11-13(20)2-4-15(17)18(24)23-26-9-8-19(25)6-7-19/h2-5,10-11,22,25H,6-9H2,1H3,(H,23,24). The lowest BCUT2D eigenvalue weighted by Crippen LogP contribution is -2.26. The van der Waals surface area contributed by atoms with Crippen molar-refractivity contribution in [1.29, 1.82) is 0 Å². The second-order valence-electron chi connectivity index (χ2n) is 6.53. The van der Waals surface area contributed by atoms with Crippen LogP contribution in [0.15, 0.2) is 36.4 Å². The number of amides is 1. The van der Waals surface area contributed by atoms with Crippen LogP contribution in [-0.2, 0) is 4.84 Å². The van der Waals surface area contributed by atoms with Gasteiger partial charge in [-0.3, -0.25) is 9.63 Å². The SMILES string of the molecule is Cc1cc(I)ccc1Nc1cc(F)ccc1C(=O)NOCCC1(O)CC1. The highest BCUT2D eigenvalue weighted by Gasteiger charge is 2.39. The maximum atomic E-state index is 13.7. The average molecular weight is 470 g/mol. The molecule has 0 saturated heterocycles. The van der Waals surface area contributed by atoms with Gasteiger partial charge in [0, 0.05) is 15.7 Å². The maximum absolute atomic E-state index is 13.7. The second-order valence-corrected chi connectivity index (χ2v) is 7.77. The first-order valence-corrected chi connectivity index (χ1v) is 9.41. The minimum atomic E-state index is -0.629. The number of aliphatic hydroxyl groups is 1. The van der Waals surface area contributed by atoms with Crippen molar-refractivity contribution in [3.05, 3.63) is 56.9 Å². The van der Waals surface area contributed by atoms with Gasteiger partial charge in [-0.15, -0.1) is 0 Å². The number of anilines is 2. The van der Waals surface area contributed by atoms with Gasteiger partial charge < -0.3 is 10.4 Å². The Kier molecular flexibility index (Phi) is 5.79. The molecule has 0 unspecified atom stereocenters. The van der Waals surface area contributed by atoms with Crippen molar-refractivity contribution in [2.45, 2.75) is 31.8 Å². The molecule has 0 radical (unpaired) electrons. The zero-order valence-corrected chi connectivity index (χ0v) is 16.5. The first kappa shape index (κ1) is 19.1. The number of rotatable bonds is 7. The van der Waals surface area contributed by atoms with Crippen LogP contribution in [0.3, 0.4) is 0 Å². The van der Waals surface area contributed by atoms with Crippen LogP contribution >= 0.6 is 22.6 Å². The average Bonchev–Trinajstić information content (AvgIpc) is 3.32. The van der Waals surface area contributed by atoms with Gasteiger partial charge in [-0.25, -0.2) is 9.87 Å². The molecule has 3 N–H and O–H groups in total. The van der Waals surface area contributed by atoms with E-state index in [1.54, 1.807) is 0 Å². The topological polar surface area (TPSA) is 70.6 Å². The van der Waals surface area contributed by atoms with Crippen LogP contribution in [0.5, 0.6) is 0 Å². The number of hydrogen-bond acceptors (Lipinski definition) is 4. The van der Waals surface area contributed by atoms with Crippen LogP contribution in [0.25, 0.3) is 0 Å². The van der Waals surface area contributed by atoms with Crippen molar-refractivity contribution < 1.29 is 19.1 Å². The molecule has 2 aromatic carbocycles. The summed E-state index contributed by atoms with van der Waals surface area (Å²) in [5.41, 5.74) is 4.14. The van der Waals surface area contributed by atoms with Gasteiger partial charge in [-0.1, -0.05) is 0 Å². The van der Waals surface area contributed by atoms with Crippen molar-refractivity contribution in [2.24, 2.45) is 0 Å². The molecule has 0 bridgehead atoms. The molecule has 0 aliphatic heterocycles. The third-order valence-electron chi connectivity index (χ3n) is 4.35. The van der Waals surface area contributed by atoms with Crippen LogP contribution in [0, 0.1) is 16.3 Å². The molecule has 26 heavy (non-hydrogen) atoms. The van der Waals surface area contributed by atoms with Gasteiger partial charge in [-0.2, -0.15) is 0 Å². The van der Waals surface area contributed by atoms with E-state index in [-0.39, 0.29) is 12.2 Å². The molecule has 1 aliphatic carbocycles. The van der Waals surface area contributed by atoms with Gasteiger partial charge >= 0.3 is 0 Å². The number of hydroxylamine groups is 1. The van der Waals surface area contributed by atoms with E-state index < -0.39 is 17.3 Å². The lowest BCUT2D eigenvalue weighted by molar-refractivity contribution is 0.0120. The fraction of sp³-hybridized carbons (Fsp3) is 0.316. The highest BCUT2D eigenvalue weighted by Crippen LogP contribution is 2.38. The van der Waals surface area contributed by atoms with E-state index in [9.17, 15) is 14.3 Å². The van der Waals surface area contributed by atoms with Crippen molar-refractivity contribution in [3.8, 4) is 0 Å². The Hall–Kier alpha value is -1.71. The summed E-state index contributed by atoms with van der Waals surface area (Å²) >= 11 is 2.22. The molecule has 1 aliphatic rings. The third kappa shape index (κ3) is 4.93. The normalized spacial score (nSPS) is 14.8. The number of carbonyl (C=O) groups is 1. The summed E-state index contributed by atoms with van der Waals surface area (Å²) in [7, 11) is 0. The third-order valence-corrected chi connectivity index (χ3v) is 5.02. The van der Waals surface area contributed by atoms with Gasteiger partial charge in [-0.05, 0) is 84.3 Å². The molecule has 0 spiro atoms. The first-order valence-electron chi connectivity index (χ1n) is 8.34. The molecule has 5 nitrogen and oxygen atoms in total. The number of nitrogens with one attached hydrogen (secondary N) is 2. The van der Waals surface area contributed by atoms with Crippen molar-refractivity contribution in [3.63, 3.8) is 0 Å². The molecule has 0 aromatic heterocycles. The second kappa shape index (κ2) is 7.89. The van der Waals surface area contributed by atoms with Crippen LogP contribution in [0.2, 0.25) is 0 Å². The van der Waals surface area contributed by atoms with E-state index >= 15 is 0 Å². The first-order chi connectivity index (χ1) is 12.4. The molecule has 0 atom stereocenters. The Morgan fingerprint density at radius 2 is 2.04 bits per heavy atom. The Labute approximate surface area is 165 Å². The van der Waals surface area contributed by atoms with Gasteiger partial charge in [0.2, 0.25) is 0 Å². The summed E-state index contributed by atoms with van der Waals surface area (Å²) < 4.78 is 14.8. The van der Waals surface area contributed by atoms with Gasteiger partial charge in [0.1, 0.15) is 5.82 Å².